The first-order valence-electron chi connectivity index (χ1n) is 5.05. The third-order valence-electron chi connectivity index (χ3n) is 2.68. The molecular formula is C8H15N5O2S. The van der Waals surface area contributed by atoms with Crippen molar-refractivity contribution in [3.63, 3.8) is 0 Å². The Bertz CT molecular complexity index is 441. The molecular weight excluding hydrogens is 230 g/mol. The zero-order valence-electron chi connectivity index (χ0n) is 9.31. The highest BCUT2D eigenvalue weighted by Gasteiger charge is 2.34. The van der Waals surface area contributed by atoms with Crippen LogP contribution in [0.4, 0.5) is 0 Å². The molecule has 1 fully saturated rings. The van der Waals surface area contributed by atoms with Crippen LogP contribution in [0.25, 0.3) is 0 Å². The summed E-state index contributed by atoms with van der Waals surface area (Å²) in [5.41, 5.74) is 0. The van der Waals surface area contributed by atoms with Gasteiger partial charge in [0.2, 0.25) is 0 Å². The first-order valence-corrected chi connectivity index (χ1v) is 6.45. The number of aromatic nitrogens is 3. The van der Waals surface area contributed by atoms with Crippen molar-refractivity contribution in [1.29, 1.82) is 0 Å². The maximum absolute atomic E-state index is 11.8. The lowest BCUT2D eigenvalue weighted by molar-refractivity contribution is 0.384. The van der Waals surface area contributed by atoms with E-state index in [1.54, 1.807) is 17.2 Å². The summed E-state index contributed by atoms with van der Waals surface area (Å²) in [6, 6.07) is 0.0460. The van der Waals surface area contributed by atoms with Crippen LogP contribution in [0, 0.1) is 0 Å². The minimum atomic E-state index is -3.30. The van der Waals surface area contributed by atoms with Crippen LogP contribution in [0.15, 0.2) is 12.4 Å². The molecule has 16 heavy (non-hydrogen) atoms. The summed E-state index contributed by atoms with van der Waals surface area (Å²) in [7, 11) is -0.230. The third-order valence-corrected chi connectivity index (χ3v) is 4.58. The Morgan fingerprint density at radius 1 is 1.31 bits per heavy atom. The third kappa shape index (κ3) is 1.95. The Hall–Kier alpha value is -0.990. The van der Waals surface area contributed by atoms with Crippen LogP contribution in [0.3, 0.4) is 0 Å². The van der Waals surface area contributed by atoms with Gasteiger partial charge < -0.3 is 0 Å². The molecule has 0 bridgehead atoms. The van der Waals surface area contributed by atoms with Crippen molar-refractivity contribution in [2.75, 3.05) is 27.2 Å². The molecule has 0 spiro atoms. The van der Waals surface area contributed by atoms with Crippen LogP contribution < -0.4 is 0 Å². The van der Waals surface area contributed by atoms with E-state index in [1.165, 1.54) is 22.7 Å². The van der Waals surface area contributed by atoms with Crippen molar-refractivity contribution in [3.8, 4) is 0 Å². The summed E-state index contributed by atoms with van der Waals surface area (Å²) in [6.45, 7) is 0.960. The molecule has 8 heteroatoms. The van der Waals surface area contributed by atoms with Gasteiger partial charge in [-0.1, -0.05) is 0 Å². The van der Waals surface area contributed by atoms with Gasteiger partial charge in [0.25, 0.3) is 10.2 Å². The highest BCUT2D eigenvalue weighted by molar-refractivity contribution is 7.86. The summed E-state index contributed by atoms with van der Waals surface area (Å²) in [4.78, 5) is 1.57. The van der Waals surface area contributed by atoms with Gasteiger partial charge in [-0.2, -0.15) is 32.0 Å². The summed E-state index contributed by atoms with van der Waals surface area (Å²) >= 11 is 0. The number of hydrogen-bond donors (Lipinski definition) is 0. The second-order valence-corrected chi connectivity index (χ2v) is 6.08. The fourth-order valence-corrected chi connectivity index (χ4v) is 2.91. The van der Waals surface area contributed by atoms with Crippen LogP contribution >= 0.6 is 0 Å². The second-order valence-electron chi connectivity index (χ2n) is 3.94. The zero-order chi connectivity index (χ0) is 11.8. The Morgan fingerprint density at radius 3 is 2.50 bits per heavy atom. The van der Waals surface area contributed by atoms with Gasteiger partial charge in [-0.15, -0.1) is 0 Å². The molecule has 1 unspecified atom stereocenters. The van der Waals surface area contributed by atoms with Crippen molar-refractivity contribution >= 4 is 10.2 Å². The molecule has 0 N–H and O–H groups in total. The van der Waals surface area contributed by atoms with Gasteiger partial charge >= 0.3 is 0 Å². The molecule has 1 saturated heterocycles. The Morgan fingerprint density at radius 2 is 1.94 bits per heavy atom. The molecule has 0 aromatic carbocycles. The molecule has 0 saturated carbocycles. The van der Waals surface area contributed by atoms with Crippen LogP contribution in [-0.4, -0.2) is 59.2 Å². The lowest BCUT2D eigenvalue weighted by Gasteiger charge is -2.20. The number of nitrogens with zero attached hydrogens (tertiary/aromatic N) is 5. The van der Waals surface area contributed by atoms with E-state index in [0.29, 0.717) is 13.1 Å². The van der Waals surface area contributed by atoms with Crippen molar-refractivity contribution in [2.24, 2.45) is 0 Å². The van der Waals surface area contributed by atoms with Gasteiger partial charge in [0.1, 0.15) is 0 Å². The largest absolute Gasteiger partial charge is 0.281 e. The molecule has 1 atom stereocenters. The molecule has 1 aromatic rings. The highest BCUT2D eigenvalue weighted by atomic mass is 32.2. The zero-order valence-corrected chi connectivity index (χ0v) is 10.1. The second kappa shape index (κ2) is 4.11. The van der Waals surface area contributed by atoms with E-state index in [4.69, 9.17) is 0 Å². The fourth-order valence-electron chi connectivity index (χ4n) is 1.75. The first kappa shape index (κ1) is 11.5. The van der Waals surface area contributed by atoms with Crippen LogP contribution in [0.2, 0.25) is 0 Å². The maximum atomic E-state index is 11.8. The van der Waals surface area contributed by atoms with Gasteiger partial charge in [-0.05, 0) is 6.42 Å². The van der Waals surface area contributed by atoms with Gasteiger partial charge in [0.05, 0.1) is 18.4 Å². The summed E-state index contributed by atoms with van der Waals surface area (Å²) in [5.74, 6) is 0. The monoisotopic (exact) mass is 245 g/mol. The average molecular weight is 245 g/mol. The lowest BCUT2D eigenvalue weighted by Crippen LogP contribution is -2.38. The predicted molar refractivity (Wildman–Crippen MR) is 57.9 cm³/mol. The fraction of sp³-hybridized carbons (Fsp3) is 0.750. The van der Waals surface area contributed by atoms with E-state index in [1.807, 2.05) is 0 Å². The van der Waals surface area contributed by atoms with Crippen LogP contribution in [-0.2, 0) is 10.2 Å². The SMILES string of the molecule is CN(C)S(=O)(=O)N1CCC(n2nccn2)C1. The number of rotatable bonds is 3. The summed E-state index contributed by atoms with van der Waals surface area (Å²) in [5, 5.41) is 8.06. The van der Waals surface area contributed by atoms with Crippen molar-refractivity contribution < 1.29 is 8.42 Å². The summed E-state index contributed by atoms with van der Waals surface area (Å²) < 4.78 is 26.4. The Balaban J connectivity index is 2.10. The molecule has 0 amide bonds. The smallest absolute Gasteiger partial charge is 0.195 e. The molecule has 7 nitrogen and oxygen atoms in total. The molecule has 1 aliphatic rings. The highest BCUT2D eigenvalue weighted by Crippen LogP contribution is 2.22. The van der Waals surface area contributed by atoms with Gasteiger partial charge in [0.15, 0.2) is 0 Å². The van der Waals surface area contributed by atoms with Gasteiger partial charge in [-0.25, -0.2) is 0 Å². The first-order chi connectivity index (χ1) is 7.51. The Kier molecular flexibility index (Phi) is 2.96. The van der Waals surface area contributed by atoms with E-state index in [0.717, 1.165) is 6.42 Å². The molecule has 1 aromatic heterocycles. The number of hydrogen-bond acceptors (Lipinski definition) is 4. The predicted octanol–water partition coefficient (Wildman–Crippen LogP) is -0.669. The van der Waals surface area contributed by atoms with Gasteiger partial charge in [-0.3, -0.25) is 0 Å². The summed E-state index contributed by atoms with van der Waals surface area (Å²) in [6.07, 6.45) is 3.95. The lowest BCUT2D eigenvalue weighted by atomic mass is 10.3. The van der Waals surface area contributed by atoms with Crippen LogP contribution in [0.1, 0.15) is 12.5 Å². The van der Waals surface area contributed by atoms with Crippen molar-refractivity contribution in [1.82, 2.24) is 23.6 Å². The van der Waals surface area contributed by atoms with E-state index in [9.17, 15) is 8.42 Å². The van der Waals surface area contributed by atoms with Crippen LogP contribution in [0.5, 0.6) is 0 Å². The van der Waals surface area contributed by atoms with E-state index >= 15 is 0 Å². The molecule has 0 radical (unpaired) electrons. The average Bonchev–Trinajstić information content (AvgIpc) is 2.88. The van der Waals surface area contributed by atoms with Crippen molar-refractivity contribution in [3.05, 3.63) is 12.4 Å². The Labute approximate surface area is 94.8 Å². The standard InChI is InChI=1S/C8H15N5O2S/c1-11(2)16(14,15)12-6-3-8(7-12)13-9-4-5-10-13/h4-5,8H,3,6-7H2,1-2H3. The molecule has 1 aliphatic heterocycles. The topological polar surface area (TPSA) is 71.3 Å². The van der Waals surface area contributed by atoms with Crippen molar-refractivity contribution in [2.45, 2.75) is 12.5 Å². The normalized spacial score (nSPS) is 23.1. The quantitative estimate of drug-likeness (QED) is 0.708. The van der Waals surface area contributed by atoms with E-state index in [-0.39, 0.29) is 6.04 Å². The molecule has 90 valence electrons. The van der Waals surface area contributed by atoms with E-state index in [2.05, 4.69) is 10.2 Å². The molecule has 2 heterocycles. The molecule has 2 rings (SSSR count). The van der Waals surface area contributed by atoms with E-state index < -0.39 is 10.2 Å². The maximum Gasteiger partial charge on any atom is 0.281 e. The molecule has 0 aliphatic carbocycles. The minimum Gasteiger partial charge on any atom is -0.195 e. The van der Waals surface area contributed by atoms with Gasteiger partial charge in [0, 0.05) is 27.2 Å². The minimum absolute atomic E-state index is 0.0460.